The molecule has 7 heteroatoms. The van der Waals surface area contributed by atoms with E-state index >= 15 is 0 Å². The summed E-state index contributed by atoms with van der Waals surface area (Å²) in [5.41, 5.74) is 1.06. The average molecular weight is 329 g/mol. The summed E-state index contributed by atoms with van der Waals surface area (Å²) >= 11 is 0. The van der Waals surface area contributed by atoms with Crippen molar-refractivity contribution in [1.82, 2.24) is 9.97 Å². The molecular formula is C17H23N5O2. The summed E-state index contributed by atoms with van der Waals surface area (Å²) in [4.78, 5) is 21.3. The predicted octanol–water partition coefficient (Wildman–Crippen LogP) is 3.27. The molecule has 0 saturated heterocycles. The van der Waals surface area contributed by atoms with Crippen molar-refractivity contribution in [2.24, 2.45) is 0 Å². The van der Waals surface area contributed by atoms with E-state index < -0.39 is 4.92 Å². The highest BCUT2D eigenvalue weighted by Gasteiger charge is 2.20. The molecule has 1 heterocycles. The summed E-state index contributed by atoms with van der Waals surface area (Å²) < 4.78 is 0. The lowest BCUT2D eigenvalue weighted by molar-refractivity contribution is -0.384. The molecule has 0 aliphatic rings. The van der Waals surface area contributed by atoms with E-state index in [4.69, 9.17) is 0 Å². The Bertz CT molecular complexity index is 674. The number of nitro groups is 1. The van der Waals surface area contributed by atoms with Crippen LogP contribution in [0.2, 0.25) is 0 Å². The Morgan fingerprint density at radius 2 is 1.92 bits per heavy atom. The van der Waals surface area contributed by atoms with Crippen molar-refractivity contribution in [2.45, 2.75) is 33.2 Å². The quantitative estimate of drug-likeness (QED) is 0.591. The molecule has 0 saturated carbocycles. The zero-order valence-electron chi connectivity index (χ0n) is 14.3. The first-order valence-corrected chi connectivity index (χ1v) is 8.12. The maximum absolute atomic E-state index is 11.3. The molecule has 2 aromatic rings. The zero-order valence-corrected chi connectivity index (χ0v) is 14.3. The molecule has 0 spiro atoms. The third kappa shape index (κ3) is 4.41. The Hall–Kier alpha value is -2.70. The molecule has 2 rings (SSSR count). The van der Waals surface area contributed by atoms with Gasteiger partial charge in [-0.2, -0.15) is 4.98 Å². The van der Waals surface area contributed by atoms with Crippen molar-refractivity contribution in [2.75, 3.05) is 23.3 Å². The van der Waals surface area contributed by atoms with Crippen LogP contribution in [0.3, 0.4) is 0 Å². The highest BCUT2D eigenvalue weighted by Crippen LogP contribution is 2.24. The Morgan fingerprint density at radius 1 is 1.25 bits per heavy atom. The smallest absolute Gasteiger partial charge is 0.329 e. The van der Waals surface area contributed by atoms with Gasteiger partial charge in [0.2, 0.25) is 11.8 Å². The van der Waals surface area contributed by atoms with Crippen molar-refractivity contribution in [3.05, 3.63) is 52.2 Å². The van der Waals surface area contributed by atoms with Crippen LogP contribution < -0.4 is 10.2 Å². The third-order valence-corrected chi connectivity index (χ3v) is 3.77. The molecule has 128 valence electrons. The second kappa shape index (κ2) is 8.24. The molecule has 0 amide bonds. The van der Waals surface area contributed by atoms with Gasteiger partial charge in [0.05, 0.1) is 4.92 Å². The summed E-state index contributed by atoms with van der Waals surface area (Å²) in [6.07, 6.45) is 2.03. The van der Waals surface area contributed by atoms with Gasteiger partial charge in [-0.05, 0) is 32.8 Å². The first kappa shape index (κ1) is 17.7. The molecule has 0 fully saturated rings. The van der Waals surface area contributed by atoms with Crippen LogP contribution in [0, 0.1) is 10.1 Å². The maximum Gasteiger partial charge on any atom is 0.329 e. The van der Waals surface area contributed by atoms with Gasteiger partial charge >= 0.3 is 5.69 Å². The molecule has 1 aromatic carbocycles. The molecule has 24 heavy (non-hydrogen) atoms. The van der Waals surface area contributed by atoms with Gasteiger partial charge in [0.1, 0.15) is 6.20 Å². The summed E-state index contributed by atoms with van der Waals surface area (Å²) in [5.74, 6) is 0.764. The van der Waals surface area contributed by atoms with Crippen molar-refractivity contribution in [3.63, 3.8) is 0 Å². The summed E-state index contributed by atoms with van der Waals surface area (Å²) in [5, 5.41) is 14.4. The zero-order chi connectivity index (χ0) is 17.5. The molecule has 1 N–H and O–H groups in total. The van der Waals surface area contributed by atoms with Crippen LogP contribution >= 0.6 is 0 Å². The van der Waals surface area contributed by atoms with Crippen LogP contribution in [-0.4, -0.2) is 34.0 Å². The van der Waals surface area contributed by atoms with E-state index in [0.717, 1.165) is 25.1 Å². The van der Waals surface area contributed by atoms with Gasteiger partial charge in [-0.25, -0.2) is 4.98 Å². The number of aromatic nitrogens is 2. The number of benzene rings is 1. The van der Waals surface area contributed by atoms with Crippen LogP contribution in [0.1, 0.15) is 26.3 Å². The molecule has 0 aliphatic heterocycles. The Balaban J connectivity index is 2.22. The minimum absolute atomic E-state index is 0.00514. The minimum Gasteiger partial charge on any atom is -0.361 e. The molecule has 0 aliphatic carbocycles. The highest BCUT2D eigenvalue weighted by atomic mass is 16.6. The lowest BCUT2D eigenvalue weighted by Crippen LogP contribution is -2.26. The average Bonchev–Trinajstić information content (AvgIpc) is 2.56. The lowest BCUT2D eigenvalue weighted by atomic mass is 10.1. The SMILES string of the molecule is CCN(CC)c1ncc([N+](=O)[O-])c(N[C@H](C)Cc2ccccc2)n1. The van der Waals surface area contributed by atoms with Gasteiger partial charge in [0.15, 0.2) is 0 Å². The Morgan fingerprint density at radius 3 is 2.50 bits per heavy atom. The first-order valence-electron chi connectivity index (χ1n) is 8.12. The van der Waals surface area contributed by atoms with Gasteiger partial charge in [0.25, 0.3) is 0 Å². The number of hydrogen-bond acceptors (Lipinski definition) is 6. The summed E-state index contributed by atoms with van der Waals surface area (Å²) in [6, 6.07) is 10.0. The number of nitrogens with one attached hydrogen (secondary N) is 1. The second-order valence-corrected chi connectivity index (χ2v) is 5.57. The number of anilines is 2. The van der Waals surface area contributed by atoms with Gasteiger partial charge < -0.3 is 10.2 Å². The first-order chi connectivity index (χ1) is 11.5. The van der Waals surface area contributed by atoms with Crippen molar-refractivity contribution in [3.8, 4) is 0 Å². The Kier molecular flexibility index (Phi) is 6.06. The normalized spacial score (nSPS) is 11.8. The molecule has 0 radical (unpaired) electrons. The molecule has 7 nitrogen and oxygen atoms in total. The number of nitrogens with zero attached hydrogens (tertiary/aromatic N) is 4. The summed E-state index contributed by atoms with van der Waals surface area (Å²) in [6.45, 7) is 7.47. The van der Waals surface area contributed by atoms with E-state index in [9.17, 15) is 10.1 Å². The van der Waals surface area contributed by atoms with Gasteiger partial charge in [-0.15, -0.1) is 0 Å². The number of rotatable bonds is 8. The largest absolute Gasteiger partial charge is 0.361 e. The van der Waals surface area contributed by atoms with Crippen LogP contribution in [0.5, 0.6) is 0 Å². The van der Waals surface area contributed by atoms with E-state index in [-0.39, 0.29) is 17.5 Å². The number of hydrogen-bond donors (Lipinski definition) is 1. The van der Waals surface area contributed by atoms with Gasteiger partial charge in [0, 0.05) is 19.1 Å². The maximum atomic E-state index is 11.3. The van der Waals surface area contributed by atoms with E-state index in [0.29, 0.717) is 5.95 Å². The van der Waals surface area contributed by atoms with Crippen LogP contribution in [0.15, 0.2) is 36.5 Å². The highest BCUT2D eigenvalue weighted by molar-refractivity contribution is 5.58. The van der Waals surface area contributed by atoms with Crippen LogP contribution in [-0.2, 0) is 6.42 Å². The molecule has 0 unspecified atom stereocenters. The van der Waals surface area contributed by atoms with E-state index in [2.05, 4.69) is 15.3 Å². The molecule has 1 atom stereocenters. The standard InChI is InChI=1S/C17H23N5O2/c1-4-21(5-2)17-18-12-15(22(23)24)16(20-17)19-13(3)11-14-9-7-6-8-10-14/h6-10,12-13H,4-5,11H2,1-3H3,(H,18,19,20)/t13-/m1/s1. The van der Waals surface area contributed by atoms with Gasteiger partial charge in [-0.3, -0.25) is 10.1 Å². The Labute approximate surface area is 141 Å². The van der Waals surface area contributed by atoms with E-state index in [1.165, 1.54) is 6.20 Å². The third-order valence-electron chi connectivity index (χ3n) is 3.77. The van der Waals surface area contributed by atoms with Crippen molar-refractivity contribution >= 4 is 17.5 Å². The fraction of sp³-hybridized carbons (Fsp3) is 0.412. The fourth-order valence-electron chi connectivity index (χ4n) is 2.52. The molecular weight excluding hydrogens is 306 g/mol. The monoisotopic (exact) mass is 329 g/mol. The fourth-order valence-corrected chi connectivity index (χ4v) is 2.52. The van der Waals surface area contributed by atoms with Crippen molar-refractivity contribution in [1.29, 1.82) is 0 Å². The minimum atomic E-state index is -0.455. The van der Waals surface area contributed by atoms with Crippen molar-refractivity contribution < 1.29 is 4.92 Å². The second-order valence-electron chi connectivity index (χ2n) is 5.57. The van der Waals surface area contributed by atoms with E-state index in [1.807, 2.05) is 56.0 Å². The predicted molar refractivity (Wildman–Crippen MR) is 95.5 cm³/mol. The lowest BCUT2D eigenvalue weighted by Gasteiger charge is -2.20. The topological polar surface area (TPSA) is 84.2 Å². The molecule has 0 bridgehead atoms. The molecule has 1 aromatic heterocycles. The van der Waals surface area contributed by atoms with Gasteiger partial charge in [-0.1, -0.05) is 30.3 Å². The van der Waals surface area contributed by atoms with Crippen LogP contribution in [0.25, 0.3) is 0 Å². The van der Waals surface area contributed by atoms with Crippen LogP contribution in [0.4, 0.5) is 17.5 Å². The summed E-state index contributed by atoms with van der Waals surface area (Å²) in [7, 11) is 0. The van der Waals surface area contributed by atoms with E-state index in [1.54, 1.807) is 0 Å².